The number of amides is 2. The quantitative estimate of drug-likeness (QED) is 0.589. The van der Waals surface area contributed by atoms with Gasteiger partial charge < -0.3 is 9.47 Å². The van der Waals surface area contributed by atoms with Crippen LogP contribution in [-0.2, 0) is 26.2 Å². The Morgan fingerprint density at radius 3 is 2.59 bits per heavy atom. The maximum Gasteiger partial charge on any atom is 0.257 e. The molecule has 0 saturated carbocycles. The molecule has 1 aromatic heterocycles. The van der Waals surface area contributed by atoms with Gasteiger partial charge in [0.15, 0.2) is 0 Å². The molecule has 29 heavy (non-hydrogen) atoms. The zero-order valence-corrected chi connectivity index (χ0v) is 16.2. The molecule has 2 aromatic carbocycles. The molecule has 10 heteroatoms. The molecule has 9 nitrogen and oxygen atoms in total. The summed E-state index contributed by atoms with van der Waals surface area (Å²) in [5, 5.41) is 0. The van der Waals surface area contributed by atoms with Crippen LogP contribution in [0.25, 0.3) is 11.0 Å². The number of hydrazine groups is 1. The summed E-state index contributed by atoms with van der Waals surface area (Å²) in [5.41, 5.74) is 4.39. The molecule has 0 bridgehead atoms. The number of benzene rings is 2. The van der Waals surface area contributed by atoms with Crippen LogP contribution in [0.15, 0.2) is 59.8 Å². The molecule has 4 rings (SSSR count). The second-order valence-electron chi connectivity index (χ2n) is 6.66. The first-order valence-corrected chi connectivity index (χ1v) is 10.5. The summed E-state index contributed by atoms with van der Waals surface area (Å²) < 4.78 is 26.5. The Kier molecular flexibility index (Phi) is 5.03. The van der Waals surface area contributed by atoms with Crippen molar-refractivity contribution in [2.45, 2.75) is 24.3 Å². The van der Waals surface area contributed by atoms with Gasteiger partial charge in [0.05, 0.1) is 22.3 Å². The zero-order valence-electron chi connectivity index (χ0n) is 15.4. The number of sulfonamides is 1. The predicted octanol–water partition coefficient (Wildman–Crippen LogP) is 1.17. The molecule has 1 aliphatic rings. The van der Waals surface area contributed by atoms with Crippen LogP contribution in [0.3, 0.4) is 0 Å². The first kappa shape index (κ1) is 19.1. The molecule has 2 N–H and O–H groups in total. The fourth-order valence-corrected chi connectivity index (χ4v) is 4.10. The van der Waals surface area contributed by atoms with Gasteiger partial charge in [0.25, 0.3) is 15.9 Å². The first-order valence-electron chi connectivity index (χ1n) is 9.05. The molecule has 2 amide bonds. The second-order valence-corrected chi connectivity index (χ2v) is 8.34. The smallest absolute Gasteiger partial charge is 0.257 e. The molecule has 2 heterocycles. The van der Waals surface area contributed by atoms with Gasteiger partial charge in [-0.15, -0.1) is 4.83 Å². The third-order valence-corrected chi connectivity index (χ3v) is 5.96. The molecule has 1 saturated heterocycles. The molecule has 1 aliphatic heterocycles. The fraction of sp³-hybridized carbons (Fsp3) is 0.211. The van der Waals surface area contributed by atoms with Crippen molar-refractivity contribution in [1.82, 2.24) is 19.8 Å². The van der Waals surface area contributed by atoms with Crippen LogP contribution in [0, 0.1) is 0 Å². The van der Waals surface area contributed by atoms with Crippen molar-refractivity contribution in [3.63, 3.8) is 0 Å². The van der Waals surface area contributed by atoms with E-state index in [1.54, 1.807) is 21.6 Å². The molecular formula is C19H19N5O4S. The van der Waals surface area contributed by atoms with E-state index in [2.05, 4.69) is 15.2 Å². The Labute approximate surface area is 167 Å². The van der Waals surface area contributed by atoms with Crippen molar-refractivity contribution < 1.29 is 18.0 Å². The lowest BCUT2D eigenvalue weighted by Crippen LogP contribution is -2.43. The minimum atomic E-state index is -3.94. The Hall–Kier alpha value is -3.24. The number of hydrogen-bond acceptors (Lipinski definition) is 5. The van der Waals surface area contributed by atoms with E-state index in [0.717, 1.165) is 17.5 Å². The third kappa shape index (κ3) is 3.98. The predicted molar refractivity (Wildman–Crippen MR) is 106 cm³/mol. The Morgan fingerprint density at radius 2 is 1.86 bits per heavy atom. The largest absolute Gasteiger partial charge is 0.321 e. The van der Waals surface area contributed by atoms with E-state index in [-0.39, 0.29) is 17.3 Å². The van der Waals surface area contributed by atoms with Crippen LogP contribution < -0.4 is 15.2 Å². The number of fused-ring (bicyclic) bond motifs is 1. The lowest BCUT2D eigenvalue weighted by Gasteiger charge is -2.16. The number of nitrogens with one attached hydrogen (secondary N) is 2. The molecule has 3 aromatic rings. The van der Waals surface area contributed by atoms with Crippen molar-refractivity contribution in [1.29, 1.82) is 0 Å². The van der Waals surface area contributed by atoms with Crippen LogP contribution in [0.5, 0.6) is 0 Å². The van der Waals surface area contributed by atoms with Gasteiger partial charge in [0, 0.05) is 18.7 Å². The van der Waals surface area contributed by atoms with E-state index in [1.807, 2.05) is 24.3 Å². The lowest BCUT2D eigenvalue weighted by atomic mass is 10.3. The maximum atomic E-state index is 12.4. The van der Waals surface area contributed by atoms with Crippen LogP contribution in [0.4, 0.5) is 5.69 Å². The molecular weight excluding hydrogens is 394 g/mol. The lowest BCUT2D eigenvalue weighted by molar-refractivity contribution is -0.122. The van der Waals surface area contributed by atoms with Gasteiger partial charge >= 0.3 is 0 Å². The molecule has 0 atom stereocenters. The summed E-state index contributed by atoms with van der Waals surface area (Å²) in [5.74, 6) is -0.506. The van der Waals surface area contributed by atoms with E-state index in [0.29, 0.717) is 18.7 Å². The Bertz CT molecular complexity index is 1170. The minimum absolute atomic E-state index is 0.0127. The number of carbonyl (C=O) groups is 2. The van der Waals surface area contributed by atoms with Crippen LogP contribution in [0.2, 0.25) is 0 Å². The zero-order chi connectivity index (χ0) is 20.4. The van der Waals surface area contributed by atoms with Crippen molar-refractivity contribution in [2.75, 3.05) is 11.4 Å². The van der Waals surface area contributed by atoms with Crippen molar-refractivity contribution >= 4 is 38.6 Å². The number of para-hydroxylation sites is 2. The highest BCUT2D eigenvalue weighted by atomic mass is 32.2. The van der Waals surface area contributed by atoms with Crippen LogP contribution >= 0.6 is 0 Å². The summed E-state index contributed by atoms with van der Waals surface area (Å²) in [6.07, 6.45) is 2.82. The standard InChI is InChI=1S/C19H19N5O4S/c25-18(12-23-13-20-16-4-1-2-5-17(16)23)21-22-29(27,28)15-9-7-14(8-10-15)24-11-3-6-19(24)26/h1-2,4-5,7-10,13,22H,3,6,11-12H2,(H,21,25). The SMILES string of the molecule is O=C(Cn1cnc2ccccc21)NNS(=O)(=O)c1ccc(N2CCCC2=O)cc1. The molecule has 150 valence electrons. The van der Waals surface area contributed by atoms with Crippen LogP contribution in [0.1, 0.15) is 12.8 Å². The van der Waals surface area contributed by atoms with Gasteiger partial charge in [-0.05, 0) is 42.8 Å². The molecule has 0 radical (unpaired) electrons. The van der Waals surface area contributed by atoms with Gasteiger partial charge in [-0.2, -0.15) is 0 Å². The number of nitrogens with zero attached hydrogens (tertiary/aromatic N) is 3. The van der Waals surface area contributed by atoms with E-state index in [1.165, 1.54) is 18.5 Å². The monoisotopic (exact) mass is 413 g/mol. The topological polar surface area (TPSA) is 113 Å². The Morgan fingerprint density at radius 1 is 1.10 bits per heavy atom. The number of aromatic nitrogens is 2. The van der Waals surface area contributed by atoms with Gasteiger partial charge in [0.1, 0.15) is 6.54 Å². The van der Waals surface area contributed by atoms with E-state index in [9.17, 15) is 18.0 Å². The number of anilines is 1. The molecule has 0 spiro atoms. The first-order chi connectivity index (χ1) is 13.9. The number of rotatable bonds is 6. The van der Waals surface area contributed by atoms with Crippen molar-refractivity contribution in [3.8, 4) is 0 Å². The summed E-state index contributed by atoms with van der Waals surface area (Å²) in [7, 11) is -3.94. The van der Waals surface area contributed by atoms with Gasteiger partial charge in [-0.1, -0.05) is 12.1 Å². The van der Waals surface area contributed by atoms with Crippen molar-refractivity contribution in [3.05, 3.63) is 54.9 Å². The fourth-order valence-electron chi connectivity index (χ4n) is 3.24. The van der Waals surface area contributed by atoms with Gasteiger partial charge in [-0.25, -0.2) is 13.4 Å². The highest BCUT2D eigenvalue weighted by Crippen LogP contribution is 2.22. The van der Waals surface area contributed by atoms with Gasteiger partial charge in [0.2, 0.25) is 5.91 Å². The number of hydrogen-bond donors (Lipinski definition) is 2. The minimum Gasteiger partial charge on any atom is -0.321 e. The van der Waals surface area contributed by atoms with E-state index >= 15 is 0 Å². The van der Waals surface area contributed by atoms with Gasteiger partial charge in [-0.3, -0.25) is 15.0 Å². The number of imidazole rings is 1. The average Bonchev–Trinajstić information content (AvgIpc) is 3.33. The Balaban J connectivity index is 1.39. The normalized spacial score (nSPS) is 14.5. The van der Waals surface area contributed by atoms with E-state index < -0.39 is 15.9 Å². The summed E-state index contributed by atoms with van der Waals surface area (Å²) in [4.78, 5) is 31.8. The highest BCUT2D eigenvalue weighted by Gasteiger charge is 2.22. The summed E-state index contributed by atoms with van der Waals surface area (Å²) >= 11 is 0. The third-order valence-electron chi connectivity index (χ3n) is 4.70. The van der Waals surface area contributed by atoms with Crippen molar-refractivity contribution in [2.24, 2.45) is 0 Å². The van der Waals surface area contributed by atoms with Crippen LogP contribution in [-0.4, -0.2) is 36.3 Å². The average molecular weight is 413 g/mol. The number of carbonyl (C=O) groups excluding carboxylic acids is 2. The maximum absolute atomic E-state index is 12.4. The molecule has 1 fully saturated rings. The molecule has 0 unspecified atom stereocenters. The summed E-state index contributed by atoms with van der Waals surface area (Å²) in [6, 6.07) is 13.3. The molecule has 0 aliphatic carbocycles. The second kappa shape index (κ2) is 7.64. The van der Waals surface area contributed by atoms with E-state index in [4.69, 9.17) is 0 Å². The summed E-state index contributed by atoms with van der Waals surface area (Å²) in [6.45, 7) is 0.543. The highest BCUT2D eigenvalue weighted by molar-refractivity contribution is 7.89.